The topological polar surface area (TPSA) is 52.7 Å². The van der Waals surface area contributed by atoms with Crippen LogP contribution in [-0.4, -0.2) is 60.9 Å². The maximum atomic E-state index is 13.7. The summed E-state index contributed by atoms with van der Waals surface area (Å²) in [6.45, 7) is 2.49. The van der Waals surface area contributed by atoms with Gasteiger partial charge >= 0.3 is 0 Å². The average Bonchev–Trinajstić information content (AvgIpc) is 3.39. The van der Waals surface area contributed by atoms with E-state index >= 15 is 0 Å². The summed E-state index contributed by atoms with van der Waals surface area (Å²) < 4.78 is 27.4. The first-order chi connectivity index (χ1) is 11.6. The lowest BCUT2D eigenvalue weighted by Crippen LogP contribution is -2.52. The lowest BCUT2D eigenvalue weighted by molar-refractivity contribution is -0.131. The Labute approximate surface area is 139 Å². The Morgan fingerprint density at radius 1 is 1.04 bits per heavy atom. The second kappa shape index (κ2) is 7.25. The van der Waals surface area contributed by atoms with Gasteiger partial charge < -0.3 is 15.1 Å². The summed E-state index contributed by atoms with van der Waals surface area (Å²) >= 11 is 0. The van der Waals surface area contributed by atoms with Crippen molar-refractivity contribution in [2.24, 2.45) is 5.92 Å². The normalized spacial score (nSPS) is 17.9. The maximum absolute atomic E-state index is 13.7. The van der Waals surface area contributed by atoms with Gasteiger partial charge in [-0.3, -0.25) is 9.59 Å². The minimum atomic E-state index is -0.859. The number of nitrogens with zero attached hydrogens (tertiary/aromatic N) is 2. The van der Waals surface area contributed by atoms with Gasteiger partial charge in [0.15, 0.2) is 0 Å². The molecule has 1 aliphatic heterocycles. The fourth-order valence-corrected chi connectivity index (χ4v) is 2.84. The van der Waals surface area contributed by atoms with Crippen molar-refractivity contribution in [1.82, 2.24) is 15.1 Å². The molecule has 2 amide bonds. The first-order valence-electron chi connectivity index (χ1n) is 8.28. The van der Waals surface area contributed by atoms with Gasteiger partial charge in [0.1, 0.15) is 17.2 Å². The van der Waals surface area contributed by atoms with E-state index < -0.39 is 23.1 Å². The standard InChI is InChI=1S/C17H21F2N3O2/c18-13-2-1-3-14(19)16(13)17(24)22-8-6-21(7-9-22)15(23)11-20-10-12-4-5-12/h1-3,12,20H,4-11H2. The molecule has 1 saturated carbocycles. The number of amides is 2. The highest BCUT2D eigenvalue weighted by Gasteiger charge is 2.28. The minimum absolute atomic E-state index is 0.000166. The first kappa shape index (κ1) is 16.8. The van der Waals surface area contributed by atoms with E-state index in [-0.39, 0.29) is 19.0 Å². The zero-order chi connectivity index (χ0) is 17.1. The quantitative estimate of drug-likeness (QED) is 0.880. The van der Waals surface area contributed by atoms with Crippen molar-refractivity contribution in [3.63, 3.8) is 0 Å². The molecule has 2 aliphatic rings. The number of carbonyl (C=O) groups is 2. The number of hydrogen-bond acceptors (Lipinski definition) is 3. The van der Waals surface area contributed by atoms with Crippen LogP contribution in [0.15, 0.2) is 18.2 Å². The number of benzene rings is 1. The zero-order valence-corrected chi connectivity index (χ0v) is 13.4. The predicted molar refractivity (Wildman–Crippen MR) is 84.4 cm³/mol. The number of carbonyl (C=O) groups excluding carboxylic acids is 2. The first-order valence-corrected chi connectivity index (χ1v) is 8.28. The van der Waals surface area contributed by atoms with Gasteiger partial charge in [0.05, 0.1) is 6.54 Å². The molecule has 0 atom stereocenters. The molecule has 1 aromatic rings. The van der Waals surface area contributed by atoms with Crippen LogP contribution in [0.5, 0.6) is 0 Å². The van der Waals surface area contributed by atoms with Gasteiger partial charge in [-0.15, -0.1) is 0 Å². The monoisotopic (exact) mass is 337 g/mol. The molecule has 1 heterocycles. The molecule has 0 spiro atoms. The summed E-state index contributed by atoms with van der Waals surface area (Å²) in [5.74, 6) is -1.67. The smallest absolute Gasteiger partial charge is 0.259 e. The van der Waals surface area contributed by atoms with Gasteiger partial charge in [-0.2, -0.15) is 0 Å². The molecule has 5 nitrogen and oxygen atoms in total. The van der Waals surface area contributed by atoms with E-state index in [9.17, 15) is 18.4 Å². The molecule has 0 bridgehead atoms. The van der Waals surface area contributed by atoms with E-state index in [0.29, 0.717) is 25.6 Å². The van der Waals surface area contributed by atoms with Crippen LogP contribution in [0.3, 0.4) is 0 Å². The van der Waals surface area contributed by atoms with Gasteiger partial charge in [-0.25, -0.2) is 8.78 Å². The molecule has 1 aromatic carbocycles. The SMILES string of the molecule is O=C(CNCC1CC1)N1CCN(C(=O)c2c(F)cccc2F)CC1. The van der Waals surface area contributed by atoms with Crippen molar-refractivity contribution in [1.29, 1.82) is 0 Å². The lowest BCUT2D eigenvalue weighted by Gasteiger charge is -2.35. The molecular formula is C17H21F2N3O2. The van der Waals surface area contributed by atoms with Gasteiger partial charge in [0.2, 0.25) is 5.91 Å². The number of nitrogens with one attached hydrogen (secondary N) is 1. The van der Waals surface area contributed by atoms with Crippen molar-refractivity contribution in [2.75, 3.05) is 39.3 Å². The van der Waals surface area contributed by atoms with Gasteiger partial charge in [0.25, 0.3) is 5.91 Å². The molecule has 1 saturated heterocycles. The molecule has 24 heavy (non-hydrogen) atoms. The Kier molecular flexibility index (Phi) is 5.08. The van der Waals surface area contributed by atoms with E-state index in [0.717, 1.165) is 18.7 Å². The number of halogens is 2. The van der Waals surface area contributed by atoms with Crippen molar-refractivity contribution >= 4 is 11.8 Å². The largest absolute Gasteiger partial charge is 0.338 e. The third-order valence-corrected chi connectivity index (χ3v) is 4.50. The minimum Gasteiger partial charge on any atom is -0.338 e. The van der Waals surface area contributed by atoms with E-state index in [2.05, 4.69) is 5.32 Å². The van der Waals surface area contributed by atoms with Crippen molar-refractivity contribution in [3.8, 4) is 0 Å². The average molecular weight is 337 g/mol. The summed E-state index contributed by atoms with van der Waals surface area (Å²) in [6, 6.07) is 3.37. The van der Waals surface area contributed by atoms with Crippen LogP contribution in [0.4, 0.5) is 8.78 Å². The highest BCUT2D eigenvalue weighted by molar-refractivity contribution is 5.95. The van der Waals surface area contributed by atoms with Crippen LogP contribution in [0.25, 0.3) is 0 Å². The van der Waals surface area contributed by atoms with Crippen LogP contribution in [-0.2, 0) is 4.79 Å². The fourth-order valence-electron chi connectivity index (χ4n) is 2.84. The molecule has 3 rings (SSSR count). The van der Waals surface area contributed by atoms with Crippen LogP contribution in [0, 0.1) is 17.6 Å². The van der Waals surface area contributed by atoms with Crippen LogP contribution >= 0.6 is 0 Å². The molecule has 7 heteroatoms. The van der Waals surface area contributed by atoms with E-state index in [1.165, 1.54) is 23.8 Å². The molecule has 2 fully saturated rings. The second-order valence-electron chi connectivity index (χ2n) is 6.34. The Bertz CT molecular complexity index is 606. The van der Waals surface area contributed by atoms with Crippen molar-refractivity contribution in [3.05, 3.63) is 35.4 Å². The van der Waals surface area contributed by atoms with Gasteiger partial charge in [-0.05, 0) is 37.4 Å². The Morgan fingerprint density at radius 2 is 1.62 bits per heavy atom. The summed E-state index contributed by atoms with van der Waals surface area (Å²) in [6.07, 6.45) is 2.46. The third-order valence-electron chi connectivity index (χ3n) is 4.50. The molecule has 0 aromatic heterocycles. The third kappa shape index (κ3) is 3.90. The van der Waals surface area contributed by atoms with Crippen molar-refractivity contribution in [2.45, 2.75) is 12.8 Å². The number of piperazine rings is 1. The highest BCUT2D eigenvalue weighted by atomic mass is 19.1. The van der Waals surface area contributed by atoms with E-state index in [4.69, 9.17) is 0 Å². The van der Waals surface area contributed by atoms with E-state index in [1.54, 1.807) is 4.90 Å². The maximum Gasteiger partial charge on any atom is 0.259 e. The zero-order valence-electron chi connectivity index (χ0n) is 13.4. The van der Waals surface area contributed by atoms with E-state index in [1.807, 2.05) is 0 Å². The van der Waals surface area contributed by atoms with Crippen LogP contribution in [0.1, 0.15) is 23.2 Å². The van der Waals surface area contributed by atoms with Crippen molar-refractivity contribution < 1.29 is 18.4 Å². The number of hydrogen-bond donors (Lipinski definition) is 1. The molecular weight excluding hydrogens is 316 g/mol. The Balaban J connectivity index is 1.50. The molecule has 0 radical (unpaired) electrons. The molecule has 130 valence electrons. The molecule has 0 unspecified atom stereocenters. The van der Waals surface area contributed by atoms with Gasteiger partial charge in [-0.1, -0.05) is 6.07 Å². The molecule has 1 aliphatic carbocycles. The van der Waals surface area contributed by atoms with Gasteiger partial charge in [0, 0.05) is 26.2 Å². The summed E-state index contributed by atoms with van der Waals surface area (Å²) in [4.78, 5) is 27.5. The van der Waals surface area contributed by atoms with Crippen LogP contribution in [0.2, 0.25) is 0 Å². The van der Waals surface area contributed by atoms with Crippen LogP contribution < -0.4 is 5.32 Å². The lowest BCUT2D eigenvalue weighted by atomic mass is 10.1. The second-order valence-corrected chi connectivity index (χ2v) is 6.34. The predicted octanol–water partition coefficient (Wildman–Crippen LogP) is 1.25. The summed E-state index contributed by atoms with van der Waals surface area (Å²) in [7, 11) is 0. The summed E-state index contributed by atoms with van der Waals surface area (Å²) in [5.41, 5.74) is -0.525. The number of rotatable bonds is 5. The molecule has 1 N–H and O–H groups in total. The fraction of sp³-hybridized carbons (Fsp3) is 0.529. The Hall–Kier alpha value is -2.02. The Morgan fingerprint density at radius 3 is 2.21 bits per heavy atom. The highest BCUT2D eigenvalue weighted by Crippen LogP contribution is 2.27. The summed E-state index contributed by atoms with van der Waals surface area (Å²) in [5, 5.41) is 3.15.